The Labute approximate surface area is 84.7 Å². The molecular weight excluding hydrogens is 234 g/mol. The van der Waals surface area contributed by atoms with E-state index in [-0.39, 0.29) is 5.56 Å². The summed E-state index contributed by atoms with van der Waals surface area (Å²) in [6.07, 6.45) is 0.669. The Morgan fingerprint density at radius 3 is 2.69 bits per heavy atom. The number of halogens is 1. The van der Waals surface area contributed by atoms with Crippen LogP contribution in [-0.4, -0.2) is 11.1 Å². The van der Waals surface area contributed by atoms with Crippen molar-refractivity contribution in [2.75, 3.05) is 5.73 Å². The van der Waals surface area contributed by atoms with Crippen molar-refractivity contribution in [3.63, 3.8) is 0 Å². The summed E-state index contributed by atoms with van der Waals surface area (Å²) in [5, 5.41) is 8.87. The Bertz CT molecular complexity index is 350. The first-order chi connectivity index (χ1) is 6.06. The Balaban J connectivity index is 3.38. The van der Waals surface area contributed by atoms with Crippen molar-refractivity contribution in [2.45, 2.75) is 13.3 Å². The van der Waals surface area contributed by atoms with E-state index in [2.05, 4.69) is 15.9 Å². The van der Waals surface area contributed by atoms with Crippen LogP contribution in [0.2, 0.25) is 0 Å². The maximum atomic E-state index is 10.8. The average molecular weight is 244 g/mol. The highest BCUT2D eigenvalue weighted by Gasteiger charge is 2.12. The topological polar surface area (TPSA) is 63.3 Å². The molecule has 0 aliphatic heterocycles. The van der Waals surface area contributed by atoms with E-state index in [1.807, 2.05) is 6.92 Å². The first-order valence-corrected chi connectivity index (χ1v) is 4.66. The second-order valence-electron chi connectivity index (χ2n) is 2.69. The molecule has 0 heterocycles. The number of carboxylic acid groups (broad SMARTS) is 1. The molecule has 4 heteroatoms. The monoisotopic (exact) mass is 243 g/mol. The van der Waals surface area contributed by atoms with Crippen LogP contribution >= 0.6 is 15.9 Å². The number of hydrogen-bond acceptors (Lipinski definition) is 2. The minimum atomic E-state index is -0.940. The number of aromatic carboxylic acids is 1. The molecule has 0 aliphatic carbocycles. The van der Waals surface area contributed by atoms with Gasteiger partial charge in [0.1, 0.15) is 0 Å². The van der Waals surface area contributed by atoms with E-state index in [4.69, 9.17) is 10.8 Å². The number of hydrogen-bond donors (Lipinski definition) is 2. The van der Waals surface area contributed by atoms with Gasteiger partial charge in [-0.1, -0.05) is 22.9 Å². The van der Waals surface area contributed by atoms with Crippen LogP contribution in [0.15, 0.2) is 16.6 Å². The molecule has 0 saturated heterocycles. The van der Waals surface area contributed by atoms with Gasteiger partial charge in [0.2, 0.25) is 0 Å². The van der Waals surface area contributed by atoms with Gasteiger partial charge in [0.05, 0.1) is 5.56 Å². The second-order valence-corrected chi connectivity index (χ2v) is 3.54. The van der Waals surface area contributed by atoms with Crippen molar-refractivity contribution in [3.8, 4) is 0 Å². The van der Waals surface area contributed by atoms with Crippen molar-refractivity contribution >= 4 is 27.6 Å². The smallest absolute Gasteiger partial charge is 0.336 e. The van der Waals surface area contributed by atoms with E-state index in [9.17, 15) is 4.79 Å². The first-order valence-electron chi connectivity index (χ1n) is 3.87. The van der Waals surface area contributed by atoms with E-state index in [1.54, 1.807) is 6.07 Å². The molecule has 0 fully saturated rings. The van der Waals surface area contributed by atoms with Gasteiger partial charge in [-0.05, 0) is 24.1 Å². The lowest BCUT2D eigenvalue weighted by Crippen LogP contribution is -2.04. The molecule has 0 atom stereocenters. The molecule has 1 aromatic carbocycles. The fourth-order valence-electron chi connectivity index (χ4n) is 1.21. The highest BCUT2D eigenvalue weighted by atomic mass is 79.9. The lowest BCUT2D eigenvalue weighted by molar-refractivity contribution is 0.0695. The van der Waals surface area contributed by atoms with E-state index < -0.39 is 5.97 Å². The maximum Gasteiger partial charge on any atom is 0.336 e. The molecule has 0 radical (unpaired) electrons. The molecule has 0 spiro atoms. The predicted molar refractivity (Wildman–Crippen MR) is 54.9 cm³/mol. The van der Waals surface area contributed by atoms with Crippen molar-refractivity contribution in [2.24, 2.45) is 0 Å². The van der Waals surface area contributed by atoms with Crippen molar-refractivity contribution in [1.29, 1.82) is 0 Å². The summed E-state index contributed by atoms with van der Waals surface area (Å²) in [6.45, 7) is 1.91. The number of anilines is 1. The lowest BCUT2D eigenvalue weighted by atomic mass is 10.0. The fourth-order valence-corrected chi connectivity index (χ4v) is 1.97. The third kappa shape index (κ3) is 2.01. The van der Waals surface area contributed by atoms with Crippen LogP contribution in [0.25, 0.3) is 0 Å². The van der Waals surface area contributed by atoms with E-state index in [0.29, 0.717) is 12.1 Å². The molecular formula is C9H10BrNO2. The summed E-state index contributed by atoms with van der Waals surface area (Å²) >= 11 is 3.28. The normalized spacial score (nSPS) is 10.0. The predicted octanol–water partition coefficient (Wildman–Crippen LogP) is 2.29. The standard InChI is InChI=1S/C9H10BrNO2/c1-2-6-7(9(12)13)3-5(11)4-8(6)10/h3-4H,2,11H2,1H3,(H,12,13). The van der Waals surface area contributed by atoms with Crippen LogP contribution in [0.4, 0.5) is 5.69 Å². The summed E-state index contributed by atoms with van der Waals surface area (Å²) in [5.41, 5.74) is 7.04. The average Bonchev–Trinajstić information content (AvgIpc) is 2.02. The van der Waals surface area contributed by atoms with Crippen LogP contribution in [0, 0.1) is 0 Å². The number of nitrogen functional groups attached to an aromatic ring is 1. The largest absolute Gasteiger partial charge is 0.478 e. The van der Waals surface area contributed by atoms with Crippen LogP contribution < -0.4 is 5.73 Å². The quantitative estimate of drug-likeness (QED) is 0.784. The van der Waals surface area contributed by atoms with E-state index in [0.717, 1.165) is 10.0 Å². The van der Waals surface area contributed by atoms with Gasteiger partial charge < -0.3 is 10.8 Å². The van der Waals surface area contributed by atoms with Gasteiger partial charge in [0, 0.05) is 10.2 Å². The van der Waals surface area contributed by atoms with Crippen molar-refractivity contribution in [1.82, 2.24) is 0 Å². The van der Waals surface area contributed by atoms with Crippen LogP contribution in [-0.2, 0) is 6.42 Å². The third-order valence-corrected chi connectivity index (χ3v) is 2.51. The molecule has 1 aromatic rings. The van der Waals surface area contributed by atoms with Gasteiger partial charge >= 0.3 is 5.97 Å². The van der Waals surface area contributed by atoms with Crippen LogP contribution in [0.1, 0.15) is 22.8 Å². The van der Waals surface area contributed by atoms with Crippen molar-refractivity contribution in [3.05, 3.63) is 27.7 Å². The number of nitrogens with two attached hydrogens (primary N) is 1. The molecule has 13 heavy (non-hydrogen) atoms. The Morgan fingerprint density at radius 1 is 1.62 bits per heavy atom. The molecule has 0 unspecified atom stereocenters. The van der Waals surface area contributed by atoms with Gasteiger partial charge in [0.15, 0.2) is 0 Å². The zero-order chi connectivity index (χ0) is 10.0. The Morgan fingerprint density at radius 2 is 2.23 bits per heavy atom. The summed E-state index contributed by atoms with van der Waals surface area (Å²) in [7, 11) is 0. The highest BCUT2D eigenvalue weighted by Crippen LogP contribution is 2.24. The molecule has 3 N–H and O–H groups in total. The second kappa shape index (κ2) is 3.79. The molecule has 0 amide bonds. The third-order valence-electron chi connectivity index (χ3n) is 1.80. The molecule has 1 rings (SSSR count). The fraction of sp³-hybridized carbons (Fsp3) is 0.222. The van der Waals surface area contributed by atoms with Gasteiger partial charge in [0.25, 0.3) is 0 Å². The van der Waals surface area contributed by atoms with Gasteiger partial charge in [-0.25, -0.2) is 4.79 Å². The minimum Gasteiger partial charge on any atom is -0.478 e. The summed E-state index contributed by atoms with van der Waals surface area (Å²) in [5.74, 6) is -0.940. The molecule has 0 bridgehead atoms. The van der Waals surface area contributed by atoms with Crippen LogP contribution in [0.3, 0.4) is 0 Å². The molecule has 0 saturated carbocycles. The lowest BCUT2D eigenvalue weighted by Gasteiger charge is -2.07. The Kier molecular flexibility index (Phi) is 2.93. The SMILES string of the molecule is CCc1c(Br)cc(N)cc1C(=O)O. The van der Waals surface area contributed by atoms with Gasteiger partial charge in [-0.3, -0.25) is 0 Å². The summed E-state index contributed by atoms with van der Waals surface area (Å²) in [4.78, 5) is 10.8. The Hall–Kier alpha value is -1.03. The van der Waals surface area contributed by atoms with Crippen LogP contribution in [0.5, 0.6) is 0 Å². The first kappa shape index (κ1) is 10.1. The molecule has 70 valence electrons. The number of rotatable bonds is 2. The highest BCUT2D eigenvalue weighted by molar-refractivity contribution is 9.10. The molecule has 3 nitrogen and oxygen atoms in total. The number of carbonyl (C=O) groups is 1. The number of carboxylic acids is 1. The number of benzene rings is 1. The minimum absolute atomic E-state index is 0.273. The zero-order valence-electron chi connectivity index (χ0n) is 7.17. The summed E-state index contributed by atoms with van der Waals surface area (Å²) in [6, 6.07) is 3.19. The summed E-state index contributed by atoms with van der Waals surface area (Å²) < 4.78 is 0.757. The van der Waals surface area contributed by atoms with E-state index in [1.165, 1.54) is 6.07 Å². The zero-order valence-corrected chi connectivity index (χ0v) is 8.76. The molecule has 0 aromatic heterocycles. The van der Waals surface area contributed by atoms with Gasteiger partial charge in [-0.15, -0.1) is 0 Å². The maximum absolute atomic E-state index is 10.8. The van der Waals surface area contributed by atoms with E-state index >= 15 is 0 Å². The van der Waals surface area contributed by atoms with Gasteiger partial charge in [-0.2, -0.15) is 0 Å². The molecule has 0 aliphatic rings. The van der Waals surface area contributed by atoms with Crippen molar-refractivity contribution < 1.29 is 9.90 Å².